The average molecular weight is 212 g/mol. The molecule has 0 spiro atoms. The molecular weight excluding hydrogens is 201 g/mol. The second kappa shape index (κ2) is 4.14. The fourth-order valence-electron chi connectivity index (χ4n) is 1.25. The molecule has 4 nitrogen and oxygen atoms in total. The number of piperazine rings is 1. The van der Waals surface area contributed by atoms with Gasteiger partial charge in [-0.15, -0.1) is 0 Å². The Hall–Kier alpha value is -0.820. The van der Waals surface area contributed by atoms with Gasteiger partial charge in [0.2, 0.25) is 0 Å². The molecule has 1 amide bonds. The Bertz CT molecular complexity index is 211. The van der Waals surface area contributed by atoms with E-state index in [4.69, 9.17) is 4.84 Å². The second-order valence-corrected chi connectivity index (χ2v) is 2.90. The van der Waals surface area contributed by atoms with Gasteiger partial charge in [-0.3, -0.25) is 4.79 Å². The zero-order chi connectivity index (χ0) is 10.8. The molecule has 0 aromatic rings. The Morgan fingerprint density at radius 3 is 2.07 bits per heavy atom. The third-order valence-corrected chi connectivity index (χ3v) is 2.03. The molecule has 1 saturated heterocycles. The highest BCUT2D eigenvalue weighted by atomic mass is 19.4. The maximum atomic E-state index is 12.0. The van der Waals surface area contributed by atoms with E-state index < -0.39 is 12.1 Å². The van der Waals surface area contributed by atoms with Crippen LogP contribution in [0.2, 0.25) is 0 Å². The smallest absolute Gasteiger partial charge is 0.332 e. The molecule has 82 valence electrons. The van der Waals surface area contributed by atoms with Gasteiger partial charge in [-0.25, -0.2) is 0 Å². The number of rotatable bonds is 1. The van der Waals surface area contributed by atoms with E-state index >= 15 is 0 Å². The highest BCUT2D eigenvalue weighted by Crippen LogP contribution is 2.19. The number of alkyl halides is 3. The fraction of sp³-hybridized carbons (Fsp3) is 0.857. The van der Waals surface area contributed by atoms with Crippen molar-refractivity contribution in [3.8, 4) is 0 Å². The Labute approximate surface area is 79.2 Å². The van der Waals surface area contributed by atoms with Gasteiger partial charge in [0, 0.05) is 26.2 Å². The van der Waals surface area contributed by atoms with E-state index in [0.717, 1.165) is 4.90 Å². The van der Waals surface area contributed by atoms with E-state index in [1.165, 1.54) is 12.2 Å². The SMILES string of the molecule is CON1CCN(C(=O)C(F)(F)F)CC1. The minimum Gasteiger partial charge on any atom is -0.332 e. The van der Waals surface area contributed by atoms with Crippen molar-refractivity contribution in [3.05, 3.63) is 0 Å². The molecular formula is C7H11F3N2O2. The number of carbonyl (C=O) groups excluding carboxylic acids is 1. The first-order valence-electron chi connectivity index (χ1n) is 4.10. The molecule has 14 heavy (non-hydrogen) atoms. The molecule has 0 saturated carbocycles. The molecule has 0 N–H and O–H groups in total. The lowest BCUT2D eigenvalue weighted by atomic mass is 10.3. The molecule has 0 aromatic carbocycles. The van der Waals surface area contributed by atoms with Crippen LogP contribution in [0.1, 0.15) is 0 Å². The van der Waals surface area contributed by atoms with Gasteiger partial charge < -0.3 is 9.74 Å². The number of hydrogen-bond donors (Lipinski definition) is 0. The van der Waals surface area contributed by atoms with E-state index in [9.17, 15) is 18.0 Å². The van der Waals surface area contributed by atoms with Gasteiger partial charge in [0.15, 0.2) is 0 Å². The molecule has 1 rings (SSSR count). The first-order chi connectivity index (χ1) is 6.45. The van der Waals surface area contributed by atoms with Crippen molar-refractivity contribution in [1.29, 1.82) is 0 Å². The third-order valence-electron chi connectivity index (χ3n) is 2.03. The van der Waals surface area contributed by atoms with E-state index in [-0.39, 0.29) is 13.1 Å². The van der Waals surface area contributed by atoms with Crippen LogP contribution in [-0.2, 0) is 9.63 Å². The monoisotopic (exact) mass is 212 g/mol. The molecule has 1 aliphatic rings. The number of amides is 1. The van der Waals surface area contributed by atoms with Gasteiger partial charge in [-0.1, -0.05) is 0 Å². The van der Waals surface area contributed by atoms with Gasteiger partial charge in [0.1, 0.15) is 0 Å². The van der Waals surface area contributed by atoms with Gasteiger partial charge in [0.25, 0.3) is 0 Å². The van der Waals surface area contributed by atoms with Crippen LogP contribution < -0.4 is 0 Å². The molecule has 0 aromatic heterocycles. The van der Waals surface area contributed by atoms with Crippen LogP contribution in [0, 0.1) is 0 Å². The topological polar surface area (TPSA) is 32.8 Å². The molecule has 0 atom stereocenters. The van der Waals surface area contributed by atoms with Gasteiger partial charge in [-0.2, -0.15) is 18.2 Å². The Morgan fingerprint density at radius 1 is 1.21 bits per heavy atom. The number of carbonyl (C=O) groups is 1. The van der Waals surface area contributed by atoms with Crippen molar-refractivity contribution in [1.82, 2.24) is 9.96 Å². The molecule has 1 fully saturated rings. The van der Waals surface area contributed by atoms with E-state index in [2.05, 4.69) is 0 Å². The van der Waals surface area contributed by atoms with Gasteiger partial charge >= 0.3 is 12.1 Å². The minimum atomic E-state index is -4.77. The molecule has 1 heterocycles. The quantitative estimate of drug-likeness (QED) is 0.624. The summed E-state index contributed by atoms with van der Waals surface area (Å²) in [6.07, 6.45) is -4.77. The Kier molecular flexibility index (Phi) is 3.33. The summed E-state index contributed by atoms with van der Waals surface area (Å²) in [7, 11) is 1.45. The average Bonchev–Trinajstić information content (AvgIpc) is 2.15. The largest absolute Gasteiger partial charge is 0.471 e. The zero-order valence-corrected chi connectivity index (χ0v) is 7.67. The first-order valence-corrected chi connectivity index (χ1v) is 4.10. The lowest BCUT2D eigenvalue weighted by molar-refractivity contribution is -0.196. The summed E-state index contributed by atoms with van der Waals surface area (Å²) >= 11 is 0. The van der Waals surface area contributed by atoms with Crippen molar-refractivity contribution in [2.75, 3.05) is 33.3 Å². The van der Waals surface area contributed by atoms with Crippen molar-refractivity contribution < 1.29 is 22.8 Å². The van der Waals surface area contributed by atoms with Crippen LogP contribution in [0.25, 0.3) is 0 Å². The summed E-state index contributed by atoms with van der Waals surface area (Å²) in [4.78, 5) is 16.4. The van der Waals surface area contributed by atoms with Crippen LogP contribution in [0.4, 0.5) is 13.2 Å². The lowest BCUT2D eigenvalue weighted by Crippen LogP contribution is -2.51. The fourth-order valence-corrected chi connectivity index (χ4v) is 1.25. The zero-order valence-electron chi connectivity index (χ0n) is 7.67. The van der Waals surface area contributed by atoms with Crippen molar-refractivity contribution in [3.63, 3.8) is 0 Å². The summed E-state index contributed by atoms with van der Waals surface area (Å²) in [6, 6.07) is 0. The molecule has 1 aliphatic heterocycles. The third kappa shape index (κ3) is 2.58. The van der Waals surface area contributed by atoms with E-state index in [1.54, 1.807) is 0 Å². The molecule has 0 aliphatic carbocycles. The summed E-state index contributed by atoms with van der Waals surface area (Å²) in [5.74, 6) is -1.77. The maximum Gasteiger partial charge on any atom is 0.471 e. The molecule has 0 bridgehead atoms. The number of halogens is 3. The van der Waals surface area contributed by atoms with Crippen molar-refractivity contribution in [2.24, 2.45) is 0 Å². The van der Waals surface area contributed by atoms with Crippen LogP contribution >= 0.6 is 0 Å². The standard InChI is InChI=1S/C7H11F3N2O2/c1-14-12-4-2-11(3-5-12)6(13)7(8,9)10/h2-5H2,1H3. The van der Waals surface area contributed by atoms with Gasteiger partial charge in [-0.05, 0) is 0 Å². The van der Waals surface area contributed by atoms with Crippen molar-refractivity contribution in [2.45, 2.75) is 6.18 Å². The summed E-state index contributed by atoms with van der Waals surface area (Å²) < 4.78 is 35.9. The molecule has 0 unspecified atom stereocenters. The summed E-state index contributed by atoms with van der Waals surface area (Å²) in [5.41, 5.74) is 0. The molecule has 7 heteroatoms. The Morgan fingerprint density at radius 2 is 1.71 bits per heavy atom. The van der Waals surface area contributed by atoms with Gasteiger partial charge in [0.05, 0.1) is 7.11 Å². The highest BCUT2D eigenvalue weighted by Gasteiger charge is 2.43. The van der Waals surface area contributed by atoms with Crippen LogP contribution in [0.5, 0.6) is 0 Å². The van der Waals surface area contributed by atoms with Crippen LogP contribution in [0.3, 0.4) is 0 Å². The predicted molar refractivity (Wildman–Crippen MR) is 41.2 cm³/mol. The molecule has 0 radical (unpaired) electrons. The van der Waals surface area contributed by atoms with E-state index in [1.807, 2.05) is 0 Å². The van der Waals surface area contributed by atoms with Crippen LogP contribution in [-0.4, -0.2) is 55.3 Å². The highest BCUT2D eigenvalue weighted by molar-refractivity contribution is 5.81. The number of hydrogen-bond acceptors (Lipinski definition) is 3. The second-order valence-electron chi connectivity index (χ2n) is 2.90. The summed E-state index contributed by atoms with van der Waals surface area (Å²) in [6.45, 7) is 0.703. The normalized spacial score (nSPS) is 19.9. The Balaban J connectivity index is 2.46. The predicted octanol–water partition coefficient (Wildman–Crippen LogP) is 0.254. The number of nitrogens with zero attached hydrogens (tertiary/aromatic N) is 2. The maximum absolute atomic E-state index is 12.0. The summed E-state index contributed by atoms with van der Waals surface area (Å²) in [5, 5.41) is 1.51. The number of hydroxylamine groups is 2. The first kappa shape index (κ1) is 11.3. The van der Waals surface area contributed by atoms with Crippen LogP contribution in [0.15, 0.2) is 0 Å². The van der Waals surface area contributed by atoms with E-state index in [0.29, 0.717) is 13.1 Å². The minimum absolute atomic E-state index is 0.0478. The van der Waals surface area contributed by atoms with Crippen molar-refractivity contribution >= 4 is 5.91 Å². The lowest BCUT2D eigenvalue weighted by Gasteiger charge is -2.33.